The average Bonchev–Trinajstić information content (AvgIpc) is 3.29. The van der Waals surface area contributed by atoms with E-state index in [-0.39, 0.29) is 23.8 Å². The van der Waals surface area contributed by atoms with Crippen LogP contribution in [0.2, 0.25) is 0 Å². The van der Waals surface area contributed by atoms with Crippen LogP contribution in [0, 0.1) is 18.8 Å². The third-order valence-electron chi connectivity index (χ3n) is 6.42. The number of ether oxygens (including phenoxy) is 1. The van der Waals surface area contributed by atoms with Crippen LogP contribution < -0.4 is 16.0 Å². The molecule has 0 unspecified atom stereocenters. The first kappa shape index (κ1) is 22.0. The van der Waals surface area contributed by atoms with E-state index in [9.17, 15) is 14.4 Å². The molecule has 168 valence electrons. The van der Waals surface area contributed by atoms with E-state index in [4.69, 9.17) is 4.74 Å². The maximum Gasteiger partial charge on any atom is 0.338 e. The number of carbonyl (C=O) groups excluding carboxylic acids is 3. The number of hydrogen-bond acceptors (Lipinski definition) is 5. The zero-order valence-corrected chi connectivity index (χ0v) is 18.8. The van der Waals surface area contributed by atoms with Gasteiger partial charge in [0.15, 0.2) is 0 Å². The van der Waals surface area contributed by atoms with Gasteiger partial charge in [0.25, 0.3) is 0 Å². The Morgan fingerprint density at radius 2 is 1.91 bits per heavy atom. The minimum absolute atomic E-state index is 0.0224. The fourth-order valence-corrected chi connectivity index (χ4v) is 4.68. The number of anilines is 2. The lowest BCUT2D eigenvalue weighted by molar-refractivity contribution is -0.130. The molecule has 2 aliphatic rings. The van der Waals surface area contributed by atoms with E-state index < -0.39 is 17.4 Å². The van der Waals surface area contributed by atoms with Crippen LogP contribution in [0.25, 0.3) is 0 Å². The maximum atomic E-state index is 13.5. The number of esters is 1. The molecule has 0 aliphatic carbocycles. The summed E-state index contributed by atoms with van der Waals surface area (Å²) in [6.07, 6.45) is 0.547. The first-order valence-corrected chi connectivity index (χ1v) is 11.0. The van der Waals surface area contributed by atoms with Crippen LogP contribution >= 0.6 is 0 Å². The second kappa shape index (κ2) is 8.39. The van der Waals surface area contributed by atoms with Crippen molar-refractivity contribution in [2.24, 2.45) is 11.8 Å². The number of hydrogen-bond donors (Lipinski definition) is 3. The number of nitrogens with one attached hydrogen (secondary N) is 3. The van der Waals surface area contributed by atoms with Crippen molar-refractivity contribution in [3.63, 3.8) is 0 Å². The number of fused-ring (bicyclic) bond motifs is 2. The summed E-state index contributed by atoms with van der Waals surface area (Å²) in [6.45, 7) is 8.20. The number of carbonyl (C=O) groups is 3. The molecular formula is C25H29N3O4. The number of rotatable bonds is 5. The lowest BCUT2D eigenvalue weighted by Gasteiger charge is -2.30. The first-order valence-electron chi connectivity index (χ1n) is 11.0. The quantitative estimate of drug-likeness (QED) is 0.624. The van der Waals surface area contributed by atoms with Crippen molar-refractivity contribution in [2.75, 3.05) is 17.2 Å². The van der Waals surface area contributed by atoms with Crippen molar-refractivity contribution in [2.45, 2.75) is 45.7 Å². The summed E-state index contributed by atoms with van der Waals surface area (Å²) < 4.78 is 5.00. The van der Waals surface area contributed by atoms with E-state index in [1.54, 1.807) is 31.2 Å². The molecule has 1 saturated heterocycles. The Hall–Kier alpha value is -3.19. The molecule has 0 saturated carbocycles. The van der Waals surface area contributed by atoms with E-state index in [1.807, 2.05) is 25.1 Å². The summed E-state index contributed by atoms with van der Waals surface area (Å²) in [5.41, 5.74) is 2.48. The SMILES string of the molecule is CCOC(=O)c1ccc(NC(=O)[C@@H]2C[C@H](C(C)C)N[C@@]23C(=O)Nc2ccc(C)cc23)cc1. The van der Waals surface area contributed by atoms with Gasteiger partial charge < -0.3 is 15.4 Å². The minimum Gasteiger partial charge on any atom is -0.462 e. The molecule has 0 radical (unpaired) electrons. The van der Waals surface area contributed by atoms with Crippen LogP contribution in [0.4, 0.5) is 11.4 Å². The molecule has 0 aromatic heterocycles. The summed E-state index contributed by atoms with van der Waals surface area (Å²) in [5, 5.41) is 9.43. The number of benzene rings is 2. The van der Waals surface area contributed by atoms with E-state index in [2.05, 4.69) is 29.8 Å². The van der Waals surface area contributed by atoms with Gasteiger partial charge >= 0.3 is 5.97 Å². The van der Waals surface area contributed by atoms with Gasteiger partial charge in [0, 0.05) is 23.0 Å². The van der Waals surface area contributed by atoms with Crippen LogP contribution in [0.3, 0.4) is 0 Å². The Balaban J connectivity index is 1.64. The van der Waals surface area contributed by atoms with Gasteiger partial charge in [-0.1, -0.05) is 31.5 Å². The average molecular weight is 436 g/mol. The van der Waals surface area contributed by atoms with Crippen molar-refractivity contribution in [3.05, 3.63) is 59.2 Å². The van der Waals surface area contributed by atoms with Crippen LogP contribution in [0.5, 0.6) is 0 Å². The normalized spacial score (nSPS) is 23.8. The largest absolute Gasteiger partial charge is 0.462 e. The van der Waals surface area contributed by atoms with Gasteiger partial charge in [0.2, 0.25) is 11.8 Å². The van der Waals surface area contributed by atoms with Crippen LogP contribution in [-0.4, -0.2) is 30.4 Å². The topological polar surface area (TPSA) is 96.5 Å². The van der Waals surface area contributed by atoms with Gasteiger partial charge in [0.05, 0.1) is 18.1 Å². The van der Waals surface area contributed by atoms with Crippen molar-refractivity contribution >= 4 is 29.2 Å². The highest BCUT2D eigenvalue weighted by molar-refractivity contribution is 6.10. The van der Waals surface area contributed by atoms with E-state index in [0.717, 1.165) is 16.8 Å². The minimum atomic E-state index is -1.11. The first-order chi connectivity index (χ1) is 15.3. The third kappa shape index (κ3) is 3.66. The Kier molecular flexibility index (Phi) is 5.77. The Bertz CT molecular complexity index is 1060. The highest BCUT2D eigenvalue weighted by Gasteiger charge is 2.60. The van der Waals surface area contributed by atoms with Gasteiger partial charge in [-0.25, -0.2) is 4.79 Å². The molecular weight excluding hydrogens is 406 g/mol. The Morgan fingerprint density at radius 3 is 2.56 bits per heavy atom. The molecule has 1 fully saturated rings. The summed E-state index contributed by atoms with van der Waals surface area (Å²) >= 11 is 0. The van der Waals surface area contributed by atoms with Gasteiger partial charge in [-0.3, -0.25) is 14.9 Å². The zero-order chi connectivity index (χ0) is 23.0. The zero-order valence-electron chi connectivity index (χ0n) is 18.8. The van der Waals surface area contributed by atoms with Crippen LogP contribution in [-0.2, 0) is 19.9 Å². The molecule has 2 aromatic carbocycles. The summed E-state index contributed by atoms with van der Waals surface area (Å²) in [7, 11) is 0. The van der Waals surface area contributed by atoms with E-state index >= 15 is 0 Å². The van der Waals surface area contributed by atoms with Crippen molar-refractivity contribution in [1.29, 1.82) is 0 Å². The molecule has 7 nitrogen and oxygen atoms in total. The molecule has 3 atom stereocenters. The van der Waals surface area contributed by atoms with E-state index in [0.29, 0.717) is 24.3 Å². The number of amides is 2. The molecule has 2 amide bonds. The summed E-state index contributed by atoms with van der Waals surface area (Å²) in [4.78, 5) is 38.6. The maximum absolute atomic E-state index is 13.5. The monoisotopic (exact) mass is 435 g/mol. The van der Waals surface area contributed by atoms with Gasteiger partial charge in [-0.15, -0.1) is 0 Å². The lowest BCUT2D eigenvalue weighted by Crippen LogP contribution is -2.52. The van der Waals surface area contributed by atoms with E-state index in [1.165, 1.54) is 0 Å². The van der Waals surface area contributed by atoms with Crippen LogP contribution in [0.1, 0.15) is 48.7 Å². The molecule has 2 heterocycles. The second-order valence-electron chi connectivity index (χ2n) is 8.88. The predicted octanol–water partition coefficient (Wildman–Crippen LogP) is 3.59. The highest BCUT2D eigenvalue weighted by Crippen LogP contribution is 2.48. The molecule has 32 heavy (non-hydrogen) atoms. The van der Waals surface area contributed by atoms with Gasteiger partial charge in [0.1, 0.15) is 5.54 Å². The molecule has 7 heteroatoms. The Morgan fingerprint density at radius 1 is 1.19 bits per heavy atom. The standard InChI is InChI=1S/C25H29N3O4/c1-5-32-23(30)16-7-9-17(10-8-16)26-22(29)19-13-21(14(2)3)28-25(19)18-12-15(4)6-11-20(18)27-24(25)31/h6-12,14,19,21,28H,5,13H2,1-4H3,(H,26,29)(H,27,31)/t19-,21+,25+/m0/s1. The Labute approximate surface area is 187 Å². The van der Waals surface area contributed by atoms with Gasteiger partial charge in [-0.2, -0.15) is 0 Å². The smallest absolute Gasteiger partial charge is 0.338 e. The molecule has 3 N–H and O–H groups in total. The summed E-state index contributed by atoms with van der Waals surface area (Å²) in [6, 6.07) is 12.4. The lowest BCUT2D eigenvalue weighted by atomic mass is 9.79. The highest BCUT2D eigenvalue weighted by atomic mass is 16.5. The van der Waals surface area contributed by atoms with Crippen LogP contribution in [0.15, 0.2) is 42.5 Å². The van der Waals surface area contributed by atoms with Gasteiger partial charge in [-0.05, 0) is 56.5 Å². The molecule has 4 rings (SSSR count). The second-order valence-corrected chi connectivity index (χ2v) is 8.88. The summed E-state index contributed by atoms with van der Waals surface area (Å²) in [5.74, 6) is -1.15. The predicted molar refractivity (Wildman–Crippen MR) is 122 cm³/mol. The molecule has 2 aromatic rings. The number of aryl methyl sites for hydroxylation is 1. The van der Waals surface area contributed by atoms with Crippen molar-refractivity contribution < 1.29 is 19.1 Å². The third-order valence-corrected chi connectivity index (χ3v) is 6.42. The fourth-order valence-electron chi connectivity index (χ4n) is 4.68. The fraction of sp³-hybridized carbons (Fsp3) is 0.400. The van der Waals surface area contributed by atoms with Crippen molar-refractivity contribution in [3.8, 4) is 0 Å². The molecule has 1 spiro atoms. The molecule has 0 bridgehead atoms. The van der Waals surface area contributed by atoms with Crippen molar-refractivity contribution in [1.82, 2.24) is 5.32 Å². The molecule has 2 aliphatic heterocycles.